The van der Waals surface area contributed by atoms with Gasteiger partial charge in [-0.2, -0.15) is 0 Å². The molecule has 17 heavy (non-hydrogen) atoms. The number of benzene rings is 1. The molecule has 0 aliphatic heterocycles. The van der Waals surface area contributed by atoms with Gasteiger partial charge in [-0.1, -0.05) is 12.1 Å². The molecule has 0 aliphatic rings. The van der Waals surface area contributed by atoms with Crippen LogP contribution in [0.25, 0.3) is 21.2 Å². The molecule has 1 aromatic carbocycles. The third-order valence-corrected chi connectivity index (χ3v) is 3.58. The fraction of sp³-hybridized carbons (Fsp3) is 0. The molecule has 0 bridgehead atoms. The Kier molecular flexibility index (Phi) is 2.30. The van der Waals surface area contributed by atoms with Crippen LogP contribution in [0.2, 0.25) is 0 Å². The SMILES string of the molecule is O=c1[nH]cc(-c2ccc(F)cc2)c2ccsc12. The van der Waals surface area contributed by atoms with Gasteiger partial charge in [-0.25, -0.2) is 4.39 Å². The van der Waals surface area contributed by atoms with Crippen molar-refractivity contribution in [1.82, 2.24) is 4.98 Å². The molecule has 2 aromatic heterocycles. The Labute approximate surface area is 100 Å². The first-order valence-corrected chi connectivity index (χ1v) is 5.98. The number of hydrogen-bond donors (Lipinski definition) is 1. The van der Waals surface area contributed by atoms with Crippen LogP contribution in [0.1, 0.15) is 0 Å². The second-order valence-corrected chi connectivity index (χ2v) is 4.62. The number of thiophene rings is 1. The lowest BCUT2D eigenvalue weighted by Gasteiger charge is -2.02. The molecule has 3 rings (SSSR count). The summed E-state index contributed by atoms with van der Waals surface area (Å²) in [6.45, 7) is 0. The molecule has 0 amide bonds. The van der Waals surface area contributed by atoms with E-state index < -0.39 is 0 Å². The van der Waals surface area contributed by atoms with Gasteiger partial charge >= 0.3 is 0 Å². The fourth-order valence-corrected chi connectivity index (χ4v) is 2.66. The average Bonchev–Trinajstić information content (AvgIpc) is 2.81. The molecule has 0 fully saturated rings. The van der Waals surface area contributed by atoms with E-state index in [9.17, 15) is 9.18 Å². The highest BCUT2D eigenvalue weighted by molar-refractivity contribution is 7.17. The van der Waals surface area contributed by atoms with Crippen LogP contribution in [0.4, 0.5) is 4.39 Å². The van der Waals surface area contributed by atoms with Gasteiger partial charge in [0.05, 0.1) is 0 Å². The lowest BCUT2D eigenvalue weighted by Crippen LogP contribution is -2.03. The van der Waals surface area contributed by atoms with Crippen LogP contribution in [-0.4, -0.2) is 4.98 Å². The van der Waals surface area contributed by atoms with Gasteiger partial charge in [-0.15, -0.1) is 11.3 Å². The van der Waals surface area contributed by atoms with Crippen molar-refractivity contribution in [2.24, 2.45) is 0 Å². The van der Waals surface area contributed by atoms with Gasteiger partial charge in [0.15, 0.2) is 0 Å². The third-order valence-electron chi connectivity index (χ3n) is 2.66. The molecule has 0 radical (unpaired) electrons. The second-order valence-electron chi connectivity index (χ2n) is 3.70. The van der Waals surface area contributed by atoms with Crippen molar-refractivity contribution in [3.05, 3.63) is 58.1 Å². The van der Waals surface area contributed by atoms with Crippen molar-refractivity contribution in [3.8, 4) is 11.1 Å². The molecule has 0 spiro atoms. The van der Waals surface area contributed by atoms with Crippen molar-refractivity contribution >= 4 is 21.4 Å². The van der Waals surface area contributed by atoms with E-state index in [1.165, 1.54) is 23.5 Å². The Morgan fingerprint density at radius 2 is 1.88 bits per heavy atom. The van der Waals surface area contributed by atoms with E-state index in [2.05, 4.69) is 4.98 Å². The van der Waals surface area contributed by atoms with Gasteiger partial charge in [-0.3, -0.25) is 4.79 Å². The van der Waals surface area contributed by atoms with Crippen LogP contribution in [0.3, 0.4) is 0 Å². The maximum atomic E-state index is 12.9. The number of nitrogens with one attached hydrogen (secondary N) is 1. The zero-order valence-corrected chi connectivity index (χ0v) is 9.55. The summed E-state index contributed by atoms with van der Waals surface area (Å²) in [5.74, 6) is -0.264. The maximum absolute atomic E-state index is 12.9. The molecule has 2 heterocycles. The first-order valence-electron chi connectivity index (χ1n) is 5.10. The standard InChI is InChI=1S/C13H8FNOS/c14-9-3-1-8(2-4-9)11-7-15-13(16)12-10(11)5-6-17-12/h1-7H,(H,15,16). The zero-order valence-electron chi connectivity index (χ0n) is 8.74. The lowest BCUT2D eigenvalue weighted by molar-refractivity contribution is 0.628. The molecule has 0 saturated heterocycles. The molecule has 0 aliphatic carbocycles. The van der Waals surface area contributed by atoms with Gasteiger partial charge in [-0.05, 0) is 29.1 Å². The highest BCUT2D eigenvalue weighted by atomic mass is 32.1. The molecule has 0 unspecified atom stereocenters. The molecule has 3 aromatic rings. The quantitative estimate of drug-likeness (QED) is 0.700. The summed E-state index contributed by atoms with van der Waals surface area (Å²) < 4.78 is 13.6. The minimum absolute atomic E-state index is 0.0825. The molecular weight excluding hydrogens is 237 g/mol. The normalized spacial score (nSPS) is 10.9. The van der Waals surface area contributed by atoms with Crippen molar-refractivity contribution in [3.63, 3.8) is 0 Å². The average molecular weight is 245 g/mol. The van der Waals surface area contributed by atoms with E-state index in [1.54, 1.807) is 18.3 Å². The number of halogens is 1. The molecular formula is C13H8FNOS. The van der Waals surface area contributed by atoms with Gasteiger partial charge in [0.2, 0.25) is 0 Å². The van der Waals surface area contributed by atoms with Crippen LogP contribution < -0.4 is 5.56 Å². The number of aromatic amines is 1. The third kappa shape index (κ3) is 1.66. The van der Waals surface area contributed by atoms with E-state index in [1.807, 2.05) is 11.4 Å². The second kappa shape index (κ2) is 3.82. The van der Waals surface area contributed by atoms with E-state index in [0.29, 0.717) is 4.70 Å². The molecule has 1 N–H and O–H groups in total. The fourth-order valence-electron chi connectivity index (χ4n) is 1.85. The molecule has 4 heteroatoms. The van der Waals surface area contributed by atoms with Crippen LogP contribution in [-0.2, 0) is 0 Å². The lowest BCUT2D eigenvalue weighted by atomic mass is 10.0. The highest BCUT2D eigenvalue weighted by Crippen LogP contribution is 2.28. The summed E-state index contributed by atoms with van der Waals surface area (Å²) in [4.78, 5) is 14.3. The predicted octanol–water partition coefficient (Wildman–Crippen LogP) is 3.40. The molecule has 0 saturated carbocycles. The smallest absolute Gasteiger partial charge is 0.265 e. The van der Waals surface area contributed by atoms with Gasteiger partial charge in [0.25, 0.3) is 5.56 Å². The Balaban J connectivity index is 2.31. The summed E-state index contributed by atoms with van der Waals surface area (Å²) in [6.07, 6.45) is 1.67. The van der Waals surface area contributed by atoms with E-state index in [0.717, 1.165) is 16.5 Å². The van der Waals surface area contributed by atoms with Crippen LogP contribution in [0.15, 0.2) is 46.7 Å². The molecule has 2 nitrogen and oxygen atoms in total. The number of aromatic nitrogens is 1. The first-order chi connectivity index (χ1) is 8.25. The summed E-state index contributed by atoms with van der Waals surface area (Å²) in [5.41, 5.74) is 1.73. The summed E-state index contributed by atoms with van der Waals surface area (Å²) in [5, 5.41) is 2.79. The Morgan fingerprint density at radius 3 is 2.65 bits per heavy atom. The molecule has 0 atom stereocenters. The Morgan fingerprint density at radius 1 is 1.12 bits per heavy atom. The number of hydrogen-bond acceptors (Lipinski definition) is 2. The maximum Gasteiger partial charge on any atom is 0.265 e. The van der Waals surface area contributed by atoms with E-state index in [-0.39, 0.29) is 11.4 Å². The number of H-pyrrole nitrogens is 1. The minimum atomic E-state index is -0.264. The topological polar surface area (TPSA) is 32.9 Å². The summed E-state index contributed by atoms with van der Waals surface area (Å²) in [6, 6.07) is 8.16. The number of rotatable bonds is 1. The van der Waals surface area contributed by atoms with Crippen molar-refractivity contribution in [2.45, 2.75) is 0 Å². The van der Waals surface area contributed by atoms with Crippen molar-refractivity contribution in [2.75, 3.05) is 0 Å². The number of fused-ring (bicyclic) bond motifs is 1. The largest absolute Gasteiger partial charge is 0.327 e. The van der Waals surface area contributed by atoms with Gasteiger partial charge in [0.1, 0.15) is 10.5 Å². The summed E-state index contributed by atoms with van der Waals surface area (Å²) >= 11 is 1.41. The van der Waals surface area contributed by atoms with Gasteiger partial charge < -0.3 is 4.98 Å². The van der Waals surface area contributed by atoms with Crippen molar-refractivity contribution in [1.29, 1.82) is 0 Å². The Hall–Kier alpha value is -1.94. The monoisotopic (exact) mass is 245 g/mol. The van der Waals surface area contributed by atoms with Gasteiger partial charge in [0, 0.05) is 17.1 Å². The zero-order chi connectivity index (χ0) is 11.8. The van der Waals surface area contributed by atoms with E-state index in [4.69, 9.17) is 0 Å². The highest BCUT2D eigenvalue weighted by Gasteiger charge is 2.07. The van der Waals surface area contributed by atoms with Crippen LogP contribution in [0.5, 0.6) is 0 Å². The minimum Gasteiger partial charge on any atom is -0.327 e. The predicted molar refractivity (Wildman–Crippen MR) is 67.8 cm³/mol. The summed E-state index contributed by atoms with van der Waals surface area (Å²) in [7, 11) is 0. The van der Waals surface area contributed by atoms with Crippen LogP contribution in [0, 0.1) is 5.82 Å². The van der Waals surface area contributed by atoms with Crippen molar-refractivity contribution < 1.29 is 4.39 Å². The van der Waals surface area contributed by atoms with Crippen LogP contribution >= 0.6 is 11.3 Å². The van der Waals surface area contributed by atoms with E-state index >= 15 is 0 Å². The molecule has 84 valence electrons. The number of pyridine rings is 1. The first kappa shape index (κ1) is 10.2. The Bertz CT molecular complexity index is 727.